The Bertz CT molecular complexity index is 496. The predicted molar refractivity (Wildman–Crippen MR) is 85.4 cm³/mol. The van der Waals surface area contributed by atoms with Crippen molar-refractivity contribution in [2.45, 2.75) is 12.5 Å². The molecule has 106 valence electrons. The molecule has 0 bridgehead atoms. The molecule has 1 atom stereocenters. The van der Waals surface area contributed by atoms with Gasteiger partial charge in [-0.2, -0.15) is 11.8 Å². The minimum Gasteiger partial charge on any atom is -0.497 e. The topological polar surface area (TPSA) is 29.5 Å². The Kier molecular flexibility index (Phi) is 5.96. The standard InChI is InChI=1S/C17H20O2S/c1-19-16-9-7-14(8-10-16)11-12-20-13-17(18)15-5-3-2-4-6-15/h2-10,17-18H,11-13H2,1H3. The summed E-state index contributed by atoms with van der Waals surface area (Å²) < 4.78 is 5.14. The lowest BCUT2D eigenvalue weighted by Crippen LogP contribution is -2.01. The Morgan fingerprint density at radius 1 is 1.05 bits per heavy atom. The Balaban J connectivity index is 1.70. The van der Waals surface area contributed by atoms with Gasteiger partial charge in [-0.25, -0.2) is 0 Å². The fourth-order valence-electron chi connectivity index (χ4n) is 1.95. The predicted octanol–water partition coefficient (Wildman–Crippen LogP) is 3.70. The number of thioether (sulfide) groups is 1. The van der Waals surface area contributed by atoms with Crippen LogP contribution in [0.1, 0.15) is 17.2 Å². The molecule has 1 N–H and O–H groups in total. The summed E-state index contributed by atoms with van der Waals surface area (Å²) in [6.07, 6.45) is 0.632. The third-order valence-corrected chi connectivity index (χ3v) is 4.20. The van der Waals surface area contributed by atoms with Gasteiger partial charge in [0.15, 0.2) is 0 Å². The number of aliphatic hydroxyl groups is 1. The summed E-state index contributed by atoms with van der Waals surface area (Å²) in [5.74, 6) is 2.64. The van der Waals surface area contributed by atoms with Crippen LogP contribution in [0.15, 0.2) is 54.6 Å². The summed E-state index contributed by atoms with van der Waals surface area (Å²) in [7, 11) is 1.68. The maximum absolute atomic E-state index is 10.0. The molecule has 0 aliphatic carbocycles. The van der Waals surface area contributed by atoms with E-state index in [1.54, 1.807) is 18.9 Å². The molecule has 0 saturated carbocycles. The van der Waals surface area contributed by atoms with E-state index in [-0.39, 0.29) is 6.10 Å². The van der Waals surface area contributed by atoms with E-state index in [4.69, 9.17) is 4.74 Å². The van der Waals surface area contributed by atoms with Gasteiger partial charge in [0.25, 0.3) is 0 Å². The molecule has 0 saturated heterocycles. The van der Waals surface area contributed by atoms with Crippen molar-refractivity contribution >= 4 is 11.8 Å². The average Bonchev–Trinajstić information content (AvgIpc) is 2.53. The number of aliphatic hydroxyl groups excluding tert-OH is 1. The molecule has 0 aliphatic rings. The third kappa shape index (κ3) is 4.58. The van der Waals surface area contributed by atoms with Crippen molar-refractivity contribution < 1.29 is 9.84 Å². The smallest absolute Gasteiger partial charge is 0.118 e. The highest BCUT2D eigenvalue weighted by atomic mass is 32.2. The molecule has 0 aromatic heterocycles. The van der Waals surface area contributed by atoms with Crippen molar-refractivity contribution in [2.24, 2.45) is 0 Å². The van der Waals surface area contributed by atoms with E-state index >= 15 is 0 Å². The Labute approximate surface area is 124 Å². The van der Waals surface area contributed by atoms with E-state index in [1.807, 2.05) is 42.5 Å². The lowest BCUT2D eigenvalue weighted by Gasteiger charge is -2.10. The van der Waals surface area contributed by atoms with Crippen LogP contribution < -0.4 is 4.74 Å². The second-order valence-electron chi connectivity index (χ2n) is 4.60. The second kappa shape index (κ2) is 7.98. The van der Waals surface area contributed by atoms with Gasteiger partial charge < -0.3 is 9.84 Å². The average molecular weight is 288 g/mol. The molecular formula is C17H20O2S. The first kappa shape index (κ1) is 14.9. The highest BCUT2D eigenvalue weighted by Crippen LogP contribution is 2.19. The van der Waals surface area contributed by atoms with Crippen molar-refractivity contribution in [3.05, 3.63) is 65.7 Å². The van der Waals surface area contributed by atoms with Gasteiger partial charge in [0.05, 0.1) is 13.2 Å². The molecule has 2 aromatic carbocycles. The quantitative estimate of drug-likeness (QED) is 0.788. The maximum Gasteiger partial charge on any atom is 0.118 e. The zero-order chi connectivity index (χ0) is 14.2. The fourth-order valence-corrected chi connectivity index (χ4v) is 2.91. The summed E-state index contributed by atoms with van der Waals surface area (Å²) in [5, 5.41) is 10.0. The molecule has 0 aliphatic heterocycles. The zero-order valence-electron chi connectivity index (χ0n) is 11.7. The van der Waals surface area contributed by atoms with E-state index in [1.165, 1.54) is 5.56 Å². The van der Waals surface area contributed by atoms with Gasteiger partial charge in [-0.1, -0.05) is 42.5 Å². The number of methoxy groups -OCH3 is 1. The van der Waals surface area contributed by atoms with Crippen molar-refractivity contribution in [1.82, 2.24) is 0 Å². The van der Waals surface area contributed by atoms with Gasteiger partial charge in [-0.05, 0) is 35.4 Å². The number of hydrogen-bond donors (Lipinski definition) is 1. The molecule has 0 fully saturated rings. The zero-order valence-corrected chi connectivity index (χ0v) is 12.5. The number of aryl methyl sites for hydroxylation is 1. The van der Waals surface area contributed by atoms with Gasteiger partial charge in [0, 0.05) is 5.75 Å². The molecular weight excluding hydrogens is 268 g/mol. The molecule has 2 nitrogen and oxygen atoms in total. The van der Waals surface area contributed by atoms with Crippen LogP contribution in [0.3, 0.4) is 0 Å². The Hall–Kier alpha value is -1.45. The van der Waals surface area contributed by atoms with Gasteiger partial charge in [-0.15, -0.1) is 0 Å². The van der Waals surface area contributed by atoms with Crippen LogP contribution in [0.25, 0.3) is 0 Å². The monoisotopic (exact) mass is 288 g/mol. The number of rotatable bonds is 7. The summed E-state index contributed by atoms with van der Waals surface area (Å²) in [5.41, 5.74) is 2.29. The van der Waals surface area contributed by atoms with Gasteiger partial charge in [0.2, 0.25) is 0 Å². The summed E-state index contributed by atoms with van der Waals surface area (Å²) in [4.78, 5) is 0. The van der Waals surface area contributed by atoms with E-state index in [9.17, 15) is 5.11 Å². The van der Waals surface area contributed by atoms with Crippen LogP contribution in [0.4, 0.5) is 0 Å². The molecule has 3 heteroatoms. The second-order valence-corrected chi connectivity index (χ2v) is 5.75. The number of hydrogen-bond acceptors (Lipinski definition) is 3. The minimum absolute atomic E-state index is 0.378. The summed E-state index contributed by atoms with van der Waals surface area (Å²) in [6.45, 7) is 0. The maximum atomic E-state index is 10.0. The molecule has 1 unspecified atom stereocenters. The van der Waals surface area contributed by atoms with Gasteiger partial charge in [0.1, 0.15) is 5.75 Å². The van der Waals surface area contributed by atoms with Crippen LogP contribution in [0.2, 0.25) is 0 Å². The molecule has 0 amide bonds. The first-order valence-electron chi connectivity index (χ1n) is 6.73. The largest absolute Gasteiger partial charge is 0.497 e. The lowest BCUT2D eigenvalue weighted by atomic mass is 10.1. The van der Waals surface area contributed by atoms with Gasteiger partial charge >= 0.3 is 0 Å². The third-order valence-electron chi connectivity index (χ3n) is 3.15. The molecule has 0 spiro atoms. The molecule has 2 rings (SSSR count). The summed E-state index contributed by atoms with van der Waals surface area (Å²) >= 11 is 1.78. The molecule has 0 radical (unpaired) electrons. The van der Waals surface area contributed by atoms with Crippen LogP contribution >= 0.6 is 11.8 Å². The van der Waals surface area contributed by atoms with Crippen LogP contribution in [-0.2, 0) is 6.42 Å². The van der Waals surface area contributed by atoms with Crippen molar-refractivity contribution in [2.75, 3.05) is 18.6 Å². The lowest BCUT2D eigenvalue weighted by molar-refractivity contribution is 0.204. The Morgan fingerprint density at radius 2 is 1.75 bits per heavy atom. The van der Waals surface area contributed by atoms with Crippen molar-refractivity contribution in [3.63, 3.8) is 0 Å². The number of benzene rings is 2. The molecule has 0 heterocycles. The fraction of sp³-hybridized carbons (Fsp3) is 0.294. The first-order chi connectivity index (χ1) is 9.79. The van der Waals surface area contributed by atoms with Crippen molar-refractivity contribution in [3.8, 4) is 5.75 Å². The van der Waals surface area contributed by atoms with Crippen LogP contribution in [0.5, 0.6) is 5.75 Å². The molecule has 20 heavy (non-hydrogen) atoms. The minimum atomic E-state index is -0.378. The van der Waals surface area contributed by atoms with E-state index in [0.29, 0.717) is 0 Å². The van der Waals surface area contributed by atoms with Gasteiger partial charge in [-0.3, -0.25) is 0 Å². The number of ether oxygens (including phenoxy) is 1. The normalized spacial score (nSPS) is 12.1. The highest BCUT2D eigenvalue weighted by Gasteiger charge is 2.06. The van der Waals surface area contributed by atoms with E-state index in [2.05, 4.69) is 12.1 Å². The first-order valence-corrected chi connectivity index (χ1v) is 7.89. The Morgan fingerprint density at radius 3 is 2.40 bits per heavy atom. The van der Waals surface area contributed by atoms with E-state index in [0.717, 1.165) is 29.2 Å². The molecule has 2 aromatic rings. The van der Waals surface area contributed by atoms with Crippen LogP contribution in [0, 0.1) is 0 Å². The van der Waals surface area contributed by atoms with E-state index < -0.39 is 0 Å². The summed E-state index contributed by atoms with van der Waals surface area (Å²) in [6, 6.07) is 18.0. The highest BCUT2D eigenvalue weighted by molar-refractivity contribution is 7.99. The van der Waals surface area contributed by atoms with Crippen molar-refractivity contribution in [1.29, 1.82) is 0 Å². The SMILES string of the molecule is COc1ccc(CCSCC(O)c2ccccc2)cc1. The van der Waals surface area contributed by atoms with Crippen LogP contribution in [-0.4, -0.2) is 23.7 Å².